The van der Waals surface area contributed by atoms with Crippen LogP contribution < -0.4 is 5.32 Å². The molecule has 3 heteroatoms. The molecule has 1 N–H and O–H groups in total. The smallest absolute Gasteiger partial charge is 0.0893 e. The van der Waals surface area contributed by atoms with E-state index in [1.54, 1.807) is 11.3 Å². The Morgan fingerprint density at radius 3 is 3.21 bits per heavy atom. The Balaban J connectivity index is 1.84. The molecule has 0 unspecified atom stereocenters. The molecule has 1 saturated heterocycles. The largest absolute Gasteiger partial charge is 0.368 e. The number of thiophene rings is 1. The highest BCUT2D eigenvalue weighted by Crippen LogP contribution is 2.24. The van der Waals surface area contributed by atoms with Crippen LogP contribution in [0.2, 0.25) is 0 Å². The molecule has 2 rings (SSSR count). The third kappa shape index (κ3) is 2.56. The first-order chi connectivity index (χ1) is 6.86. The van der Waals surface area contributed by atoms with E-state index < -0.39 is 0 Å². The fourth-order valence-electron chi connectivity index (χ4n) is 1.81. The second kappa shape index (κ2) is 4.91. The van der Waals surface area contributed by atoms with Crippen molar-refractivity contribution < 1.29 is 4.74 Å². The lowest BCUT2D eigenvalue weighted by atomic mass is 10.1. The van der Waals surface area contributed by atoms with E-state index in [0.717, 1.165) is 13.1 Å². The molecule has 0 spiro atoms. The Bertz CT molecular complexity index is 254. The van der Waals surface area contributed by atoms with Crippen LogP contribution in [0, 0.1) is 0 Å². The highest BCUT2D eigenvalue weighted by molar-refractivity contribution is 7.10. The van der Waals surface area contributed by atoms with Gasteiger partial charge in [-0.1, -0.05) is 6.07 Å². The van der Waals surface area contributed by atoms with Gasteiger partial charge in [-0.05, 0) is 37.8 Å². The maximum absolute atomic E-state index is 5.98. The van der Waals surface area contributed by atoms with E-state index in [9.17, 15) is 0 Å². The minimum absolute atomic E-state index is 0.250. The van der Waals surface area contributed by atoms with Gasteiger partial charge >= 0.3 is 0 Å². The van der Waals surface area contributed by atoms with Gasteiger partial charge in [0.25, 0.3) is 0 Å². The van der Waals surface area contributed by atoms with E-state index in [-0.39, 0.29) is 6.10 Å². The molecule has 14 heavy (non-hydrogen) atoms. The number of hydrogen-bond acceptors (Lipinski definition) is 3. The molecule has 1 fully saturated rings. The van der Waals surface area contributed by atoms with Crippen molar-refractivity contribution in [2.45, 2.75) is 32.0 Å². The number of nitrogens with one attached hydrogen (secondary N) is 1. The predicted molar refractivity (Wildman–Crippen MR) is 59.7 cm³/mol. The second-order valence-corrected chi connectivity index (χ2v) is 4.74. The van der Waals surface area contributed by atoms with E-state index in [2.05, 4.69) is 29.8 Å². The summed E-state index contributed by atoms with van der Waals surface area (Å²) in [5.74, 6) is 0. The molecule has 2 atom stereocenters. The summed E-state index contributed by atoms with van der Waals surface area (Å²) >= 11 is 1.77. The van der Waals surface area contributed by atoms with Gasteiger partial charge in [0, 0.05) is 11.4 Å². The molecule has 2 nitrogen and oxygen atoms in total. The molecule has 1 aromatic heterocycles. The van der Waals surface area contributed by atoms with Gasteiger partial charge < -0.3 is 10.1 Å². The first kappa shape index (κ1) is 10.1. The van der Waals surface area contributed by atoms with Gasteiger partial charge in [-0.25, -0.2) is 0 Å². The summed E-state index contributed by atoms with van der Waals surface area (Å²) in [6.07, 6.45) is 3.09. The second-order valence-electron chi connectivity index (χ2n) is 3.76. The molecule has 1 aliphatic rings. The standard InChI is InChI=1S/C11H17NOS/c1-9(11-5-3-7-14-11)13-10-4-2-6-12-8-10/h3,5,7,9-10,12H,2,4,6,8H2,1H3/t9-,10-/m0/s1. The van der Waals surface area contributed by atoms with E-state index in [4.69, 9.17) is 4.74 Å². The predicted octanol–water partition coefficient (Wildman–Crippen LogP) is 2.58. The third-order valence-electron chi connectivity index (χ3n) is 2.59. The van der Waals surface area contributed by atoms with Crippen molar-refractivity contribution in [3.63, 3.8) is 0 Å². The average molecular weight is 211 g/mol. The molecule has 0 radical (unpaired) electrons. The maximum Gasteiger partial charge on any atom is 0.0893 e. The summed E-state index contributed by atoms with van der Waals surface area (Å²) in [5.41, 5.74) is 0. The summed E-state index contributed by atoms with van der Waals surface area (Å²) in [6.45, 7) is 4.30. The van der Waals surface area contributed by atoms with Crippen LogP contribution in [0.4, 0.5) is 0 Å². The molecule has 78 valence electrons. The molecule has 2 heterocycles. The van der Waals surface area contributed by atoms with E-state index in [1.807, 2.05) is 0 Å². The van der Waals surface area contributed by atoms with Crippen LogP contribution in [0.5, 0.6) is 0 Å². The van der Waals surface area contributed by atoms with Gasteiger partial charge in [0.2, 0.25) is 0 Å². The van der Waals surface area contributed by atoms with Crippen LogP contribution in [0.25, 0.3) is 0 Å². The molecule has 0 aromatic carbocycles. The van der Waals surface area contributed by atoms with Crippen molar-refractivity contribution in [1.82, 2.24) is 5.32 Å². The van der Waals surface area contributed by atoms with Crippen LogP contribution in [-0.2, 0) is 4.74 Å². The van der Waals surface area contributed by atoms with Crippen LogP contribution in [-0.4, -0.2) is 19.2 Å². The summed E-state index contributed by atoms with van der Waals surface area (Å²) in [7, 11) is 0. The zero-order valence-corrected chi connectivity index (χ0v) is 9.35. The molecule has 0 amide bonds. The SMILES string of the molecule is C[C@H](O[C@H]1CCCNC1)c1cccs1. The van der Waals surface area contributed by atoms with E-state index in [0.29, 0.717) is 6.10 Å². The molecular weight excluding hydrogens is 194 g/mol. The first-order valence-electron chi connectivity index (χ1n) is 5.26. The Morgan fingerprint density at radius 1 is 1.64 bits per heavy atom. The zero-order chi connectivity index (χ0) is 9.80. The zero-order valence-electron chi connectivity index (χ0n) is 8.53. The molecular formula is C11H17NOS. The third-order valence-corrected chi connectivity index (χ3v) is 3.63. The summed E-state index contributed by atoms with van der Waals surface area (Å²) in [5, 5.41) is 5.47. The van der Waals surface area contributed by atoms with Crippen molar-refractivity contribution in [3.05, 3.63) is 22.4 Å². The fourth-order valence-corrected chi connectivity index (χ4v) is 2.53. The molecule has 0 aliphatic carbocycles. The maximum atomic E-state index is 5.98. The first-order valence-corrected chi connectivity index (χ1v) is 6.14. The lowest BCUT2D eigenvalue weighted by molar-refractivity contribution is -0.0133. The number of hydrogen-bond donors (Lipinski definition) is 1. The monoisotopic (exact) mass is 211 g/mol. The van der Waals surface area contributed by atoms with Gasteiger partial charge in [0.05, 0.1) is 12.2 Å². The van der Waals surface area contributed by atoms with Crippen molar-refractivity contribution in [1.29, 1.82) is 0 Å². The van der Waals surface area contributed by atoms with Gasteiger partial charge in [-0.3, -0.25) is 0 Å². The molecule has 0 saturated carbocycles. The van der Waals surface area contributed by atoms with Gasteiger partial charge in [-0.15, -0.1) is 11.3 Å². The topological polar surface area (TPSA) is 21.3 Å². The number of ether oxygens (including phenoxy) is 1. The lowest BCUT2D eigenvalue weighted by Crippen LogP contribution is -2.35. The Hall–Kier alpha value is -0.380. The van der Waals surface area contributed by atoms with Crippen molar-refractivity contribution >= 4 is 11.3 Å². The van der Waals surface area contributed by atoms with Crippen molar-refractivity contribution in [3.8, 4) is 0 Å². The molecule has 1 aliphatic heterocycles. The van der Waals surface area contributed by atoms with Crippen LogP contribution >= 0.6 is 11.3 Å². The van der Waals surface area contributed by atoms with E-state index >= 15 is 0 Å². The normalized spacial score (nSPS) is 24.8. The van der Waals surface area contributed by atoms with Gasteiger partial charge in [0.15, 0.2) is 0 Å². The molecule has 0 bridgehead atoms. The minimum Gasteiger partial charge on any atom is -0.368 e. The highest BCUT2D eigenvalue weighted by Gasteiger charge is 2.17. The van der Waals surface area contributed by atoms with Crippen molar-refractivity contribution in [2.75, 3.05) is 13.1 Å². The van der Waals surface area contributed by atoms with Crippen LogP contribution in [0.15, 0.2) is 17.5 Å². The van der Waals surface area contributed by atoms with Crippen LogP contribution in [0.1, 0.15) is 30.7 Å². The van der Waals surface area contributed by atoms with E-state index in [1.165, 1.54) is 17.7 Å². The fraction of sp³-hybridized carbons (Fsp3) is 0.636. The summed E-state index contributed by atoms with van der Waals surface area (Å²) < 4.78 is 5.98. The number of rotatable bonds is 3. The lowest BCUT2D eigenvalue weighted by Gasteiger charge is -2.26. The average Bonchev–Trinajstić information content (AvgIpc) is 2.72. The quantitative estimate of drug-likeness (QED) is 0.829. The van der Waals surface area contributed by atoms with Gasteiger partial charge in [-0.2, -0.15) is 0 Å². The Morgan fingerprint density at radius 2 is 2.57 bits per heavy atom. The summed E-state index contributed by atoms with van der Waals surface area (Å²) in [4.78, 5) is 1.33. The van der Waals surface area contributed by atoms with Gasteiger partial charge in [0.1, 0.15) is 0 Å². The van der Waals surface area contributed by atoms with Crippen LogP contribution in [0.3, 0.4) is 0 Å². The Kier molecular flexibility index (Phi) is 3.56. The number of piperidine rings is 1. The highest BCUT2D eigenvalue weighted by atomic mass is 32.1. The minimum atomic E-state index is 0.250. The molecule has 1 aromatic rings. The Labute approximate surface area is 89.3 Å². The van der Waals surface area contributed by atoms with Crippen molar-refractivity contribution in [2.24, 2.45) is 0 Å². The summed E-state index contributed by atoms with van der Waals surface area (Å²) in [6, 6.07) is 4.23.